The molecule has 11 aromatic rings. The number of nitrogens with zero attached hydrogens (tertiary/aromatic N) is 2. The van der Waals surface area contributed by atoms with Gasteiger partial charge in [-0.2, -0.15) is 0 Å². The van der Waals surface area contributed by atoms with Gasteiger partial charge in [-0.05, 0) is 93.7 Å². The van der Waals surface area contributed by atoms with E-state index in [2.05, 4.69) is 210 Å². The van der Waals surface area contributed by atoms with Gasteiger partial charge in [-0.25, -0.2) is 0 Å². The fourth-order valence-corrected chi connectivity index (χ4v) is 8.39. The maximum Gasteiger partial charge on any atom is 0.160 e. The van der Waals surface area contributed by atoms with Crippen molar-refractivity contribution in [2.45, 2.75) is 0 Å². The van der Waals surface area contributed by atoms with E-state index in [-0.39, 0.29) is 0 Å². The molecule has 0 N–H and O–H groups in total. The number of rotatable bonds is 6. The van der Waals surface area contributed by atoms with Crippen LogP contribution in [0.15, 0.2) is 211 Å². The van der Waals surface area contributed by atoms with E-state index in [0.29, 0.717) is 0 Å². The zero-order valence-electron chi connectivity index (χ0n) is 29.9. The van der Waals surface area contributed by atoms with Crippen LogP contribution in [0.4, 0.5) is 17.1 Å². The molecule has 0 amide bonds. The van der Waals surface area contributed by atoms with Crippen LogP contribution in [0.3, 0.4) is 0 Å². The van der Waals surface area contributed by atoms with Crippen molar-refractivity contribution in [1.82, 2.24) is 4.57 Å². The van der Waals surface area contributed by atoms with Crippen molar-refractivity contribution in [1.29, 1.82) is 0 Å². The Bertz CT molecular complexity index is 3120. The SMILES string of the molecule is c1ccc(-c2ccc(N(c3ccc(-c4ccc(-n5c6ccccc6c6ccccc65)cc4)cc3)c3cc4ccccc4c4c3oc3ccccc34)cc2)cc1. The number of hydrogen-bond acceptors (Lipinski definition) is 2. The molecule has 0 atom stereocenters. The Balaban J connectivity index is 1.03. The summed E-state index contributed by atoms with van der Waals surface area (Å²) in [7, 11) is 0. The average Bonchev–Trinajstić information content (AvgIpc) is 3.82. The fraction of sp³-hybridized carbons (Fsp3) is 0. The van der Waals surface area contributed by atoms with E-state index < -0.39 is 0 Å². The quantitative estimate of drug-likeness (QED) is 0.172. The Hall–Kier alpha value is -7.36. The molecule has 3 heteroatoms. The lowest BCUT2D eigenvalue weighted by Gasteiger charge is -2.26. The number of aromatic nitrogens is 1. The standard InChI is InChI=1S/C52H34N2O/c1-2-12-35(13-3-1)36-22-28-40(29-23-36)53(49-34-39-14-4-5-15-43(39)51-46-18-8-11-21-50(46)55-52(49)51)41-30-24-37(25-31-41)38-26-32-42(33-27-38)54-47-19-9-6-16-44(47)45-17-7-10-20-48(45)54/h1-34H. The third-order valence-electron chi connectivity index (χ3n) is 11.0. The molecule has 11 rings (SSSR count). The summed E-state index contributed by atoms with van der Waals surface area (Å²) >= 11 is 0. The largest absolute Gasteiger partial charge is 0.454 e. The van der Waals surface area contributed by atoms with E-state index in [1.165, 1.54) is 49.3 Å². The molecule has 0 saturated heterocycles. The van der Waals surface area contributed by atoms with Gasteiger partial charge >= 0.3 is 0 Å². The highest BCUT2D eigenvalue weighted by Crippen LogP contribution is 2.46. The molecule has 0 aliphatic carbocycles. The maximum absolute atomic E-state index is 6.75. The average molecular weight is 703 g/mol. The topological polar surface area (TPSA) is 21.3 Å². The second kappa shape index (κ2) is 12.6. The molecule has 2 heterocycles. The Morgan fingerprint density at radius 2 is 0.855 bits per heavy atom. The smallest absolute Gasteiger partial charge is 0.160 e. The van der Waals surface area contributed by atoms with Crippen LogP contribution >= 0.6 is 0 Å². The van der Waals surface area contributed by atoms with E-state index in [4.69, 9.17) is 4.42 Å². The molecular formula is C52H34N2O. The number of fused-ring (bicyclic) bond motifs is 8. The number of benzene rings is 9. The summed E-state index contributed by atoms with van der Waals surface area (Å²) < 4.78 is 9.12. The normalized spacial score (nSPS) is 11.6. The van der Waals surface area contributed by atoms with Crippen LogP contribution in [0.5, 0.6) is 0 Å². The van der Waals surface area contributed by atoms with Gasteiger partial charge in [0.05, 0.1) is 16.7 Å². The molecule has 0 radical (unpaired) electrons. The molecule has 0 bridgehead atoms. The molecule has 0 spiro atoms. The van der Waals surface area contributed by atoms with E-state index in [0.717, 1.165) is 50.3 Å². The lowest BCUT2D eigenvalue weighted by Crippen LogP contribution is -2.10. The highest BCUT2D eigenvalue weighted by atomic mass is 16.3. The van der Waals surface area contributed by atoms with Gasteiger partial charge in [-0.15, -0.1) is 0 Å². The molecule has 258 valence electrons. The molecule has 3 nitrogen and oxygen atoms in total. The molecule has 55 heavy (non-hydrogen) atoms. The van der Waals surface area contributed by atoms with Crippen molar-refractivity contribution in [2.75, 3.05) is 4.90 Å². The van der Waals surface area contributed by atoms with E-state index in [1.54, 1.807) is 0 Å². The van der Waals surface area contributed by atoms with Crippen LogP contribution in [-0.4, -0.2) is 4.57 Å². The molecule has 0 aliphatic heterocycles. The minimum absolute atomic E-state index is 0.872. The molecule has 9 aromatic carbocycles. The van der Waals surface area contributed by atoms with Crippen molar-refractivity contribution >= 4 is 71.6 Å². The molecule has 0 unspecified atom stereocenters. The fourth-order valence-electron chi connectivity index (χ4n) is 8.39. The van der Waals surface area contributed by atoms with Crippen LogP contribution in [0.1, 0.15) is 0 Å². The van der Waals surface area contributed by atoms with Crippen LogP contribution in [0.2, 0.25) is 0 Å². The van der Waals surface area contributed by atoms with Crippen molar-refractivity contribution in [3.63, 3.8) is 0 Å². The van der Waals surface area contributed by atoms with E-state index in [9.17, 15) is 0 Å². The Labute approximate surface area is 318 Å². The van der Waals surface area contributed by atoms with Gasteiger partial charge in [0.1, 0.15) is 5.58 Å². The molecule has 0 saturated carbocycles. The van der Waals surface area contributed by atoms with Crippen molar-refractivity contribution < 1.29 is 4.42 Å². The van der Waals surface area contributed by atoms with Crippen LogP contribution in [0.25, 0.3) is 82.5 Å². The maximum atomic E-state index is 6.75. The van der Waals surface area contributed by atoms with Crippen LogP contribution in [0, 0.1) is 0 Å². The predicted octanol–water partition coefficient (Wildman–Crippen LogP) is 14.6. The number of para-hydroxylation sites is 3. The highest BCUT2D eigenvalue weighted by Gasteiger charge is 2.22. The van der Waals surface area contributed by atoms with Crippen LogP contribution in [-0.2, 0) is 0 Å². The minimum Gasteiger partial charge on any atom is -0.454 e. The summed E-state index contributed by atoms with van der Waals surface area (Å²) in [5.41, 5.74) is 13.1. The van der Waals surface area contributed by atoms with Crippen molar-refractivity contribution in [3.8, 4) is 27.9 Å². The summed E-state index contributed by atoms with van der Waals surface area (Å²) in [6.07, 6.45) is 0. The summed E-state index contributed by atoms with van der Waals surface area (Å²) in [5, 5.41) is 7.14. The zero-order chi connectivity index (χ0) is 36.3. The van der Waals surface area contributed by atoms with E-state index in [1.807, 2.05) is 6.07 Å². The second-order valence-corrected chi connectivity index (χ2v) is 14.1. The monoisotopic (exact) mass is 702 g/mol. The molecule has 2 aromatic heterocycles. The van der Waals surface area contributed by atoms with Crippen molar-refractivity contribution in [3.05, 3.63) is 206 Å². The number of hydrogen-bond donors (Lipinski definition) is 0. The minimum atomic E-state index is 0.872. The first-order chi connectivity index (χ1) is 27.3. The van der Waals surface area contributed by atoms with Gasteiger partial charge in [-0.1, -0.05) is 146 Å². The third kappa shape index (κ3) is 5.13. The van der Waals surface area contributed by atoms with Gasteiger partial charge in [0.25, 0.3) is 0 Å². The number of anilines is 3. The van der Waals surface area contributed by atoms with Gasteiger partial charge in [0.2, 0.25) is 0 Å². The Kier molecular flexibility index (Phi) is 7.17. The highest BCUT2D eigenvalue weighted by molar-refractivity contribution is 6.23. The summed E-state index contributed by atoms with van der Waals surface area (Å²) in [5.74, 6) is 0. The Morgan fingerprint density at radius 1 is 0.382 bits per heavy atom. The Morgan fingerprint density at radius 3 is 1.47 bits per heavy atom. The van der Waals surface area contributed by atoms with Crippen molar-refractivity contribution in [2.24, 2.45) is 0 Å². The van der Waals surface area contributed by atoms with Crippen LogP contribution < -0.4 is 4.90 Å². The van der Waals surface area contributed by atoms with Gasteiger partial charge in [0, 0.05) is 38.6 Å². The van der Waals surface area contributed by atoms with Gasteiger partial charge in [0.15, 0.2) is 5.58 Å². The molecule has 0 fully saturated rings. The summed E-state index contributed by atoms with van der Waals surface area (Å²) in [6, 6.07) is 73.8. The first-order valence-electron chi connectivity index (χ1n) is 18.8. The third-order valence-corrected chi connectivity index (χ3v) is 11.0. The molecular weight excluding hydrogens is 669 g/mol. The number of furan rings is 1. The first kappa shape index (κ1) is 31.2. The second-order valence-electron chi connectivity index (χ2n) is 14.1. The molecule has 0 aliphatic rings. The van der Waals surface area contributed by atoms with Gasteiger partial charge < -0.3 is 13.9 Å². The lowest BCUT2D eigenvalue weighted by atomic mass is 10.0. The predicted molar refractivity (Wildman–Crippen MR) is 231 cm³/mol. The summed E-state index contributed by atoms with van der Waals surface area (Å²) in [6.45, 7) is 0. The zero-order valence-corrected chi connectivity index (χ0v) is 29.9. The first-order valence-corrected chi connectivity index (χ1v) is 18.8. The van der Waals surface area contributed by atoms with E-state index >= 15 is 0 Å². The summed E-state index contributed by atoms with van der Waals surface area (Å²) in [4.78, 5) is 2.33. The van der Waals surface area contributed by atoms with Gasteiger partial charge in [-0.3, -0.25) is 0 Å². The lowest BCUT2D eigenvalue weighted by molar-refractivity contribution is 0.669.